The Bertz CT molecular complexity index is 281. The van der Waals surface area contributed by atoms with Crippen LogP contribution in [0.2, 0.25) is 0 Å². The van der Waals surface area contributed by atoms with Crippen molar-refractivity contribution in [3.63, 3.8) is 0 Å². The van der Waals surface area contributed by atoms with E-state index in [4.69, 9.17) is 5.73 Å². The van der Waals surface area contributed by atoms with E-state index in [-0.39, 0.29) is 0 Å². The fourth-order valence-corrected chi connectivity index (χ4v) is 2.00. The van der Waals surface area contributed by atoms with Crippen molar-refractivity contribution in [2.45, 2.75) is 51.1 Å². The number of hydrogen-bond acceptors (Lipinski definition) is 3. The van der Waals surface area contributed by atoms with Crippen LogP contribution in [-0.4, -0.2) is 28.6 Å². The van der Waals surface area contributed by atoms with Crippen LogP contribution in [0.1, 0.15) is 39.5 Å². The van der Waals surface area contributed by atoms with E-state index in [1.807, 2.05) is 0 Å². The fraction of sp³-hybridized carbons (Fsp3) is 0.818. The summed E-state index contributed by atoms with van der Waals surface area (Å²) in [5.41, 5.74) is 4.33. The quantitative estimate of drug-likeness (QED) is 0.655. The third kappa shape index (κ3) is 2.72. The van der Waals surface area contributed by atoms with Gasteiger partial charge >= 0.3 is 5.97 Å². The number of nitrogens with two attached hydrogens (primary N) is 1. The van der Waals surface area contributed by atoms with Crippen LogP contribution in [0.4, 0.5) is 0 Å². The number of amides is 1. The van der Waals surface area contributed by atoms with E-state index < -0.39 is 23.5 Å². The average molecular weight is 228 g/mol. The molecule has 0 spiro atoms. The lowest BCUT2D eigenvalue weighted by Crippen LogP contribution is -2.59. The standard InChI is InChI=1S/C11H20N2O3/c1-7-3-5-11(6-4-7,10(15)16)13-9(14)8(2)12/h7-8H,3-6,12H2,1-2H3,(H,13,14)(H,15,16)/t7?,8-,11?/m0/s1. The van der Waals surface area contributed by atoms with Gasteiger partial charge in [0.25, 0.3) is 0 Å². The predicted molar refractivity (Wildman–Crippen MR) is 59.8 cm³/mol. The Morgan fingerprint density at radius 3 is 2.31 bits per heavy atom. The van der Waals surface area contributed by atoms with Crippen LogP contribution >= 0.6 is 0 Å². The van der Waals surface area contributed by atoms with Crippen molar-refractivity contribution >= 4 is 11.9 Å². The average Bonchev–Trinajstić information content (AvgIpc) is 2.21. The Labute approximate surface area is 95.4 Å². The third-order valence-electron chi connectivity index (χ3n) is 3.31. The van der Waals surface area contributed by atoms with Gasteiger partial charge in [-0.1, -0.05) is 6.92 Å². The van der Waals surface area contributed by atoms with Crippen molar-refractivity contribution in [3.05, 3.63) is 0 Å². The van der Waals surface area contributed by atoms with Gasteiger partial charge in [-0.2, -0.15) is 0 Å². The van der Waals surface area contributed by atoms with Crippen LogP contribution < -0.4 is 11.1 Å². The maximum atomic E-state index is 11.5. The molecule has 1 aliphatic rings. The molecule has 0 bridgehead atoms. The molecule has 1 atom stereocenters. The molecule has 92 valence electrons. The summed E-state index contributed by atoms with van der Waals surface area (Å²) >= 11 is 0. The van der Waals surface area contributed by atoms with E-state index in [2.05, 4.69) is 12.2 Å². The van der Waals surface area contributed by atoms with E-state index in [1.165, 1.54) is 0 Å². The molecule has 0 aromatic carbocycles. The second-order valence-electron chi connectivity index (χ2n) is 4.85. The molecule has 0 radical (unpaired) electrons. The smallest absolute Gasteiger partial charge is 0.329 e. The van der Waals surface area contributed by atoms with Gasteiger partial charge in [-0.05, 0) is 38.5 Å². The minimum atomic E-state index is -1.10. The lowest BCUT2D eigenvalue weighted by molar-refractivity contribution is -0.149. The highest BCUT2D eigenvalue weighted by Gasteiger charge is 2.42. The molecule has 1 aliphatic carbocycles. The van der Waals surface area contributed by atoms with Crippen molar-refractivity contribution < 1.29 is 14.7 Å². The van der Waals surface area contributed by atoms with Gasteiger partial charge in [0.2, 0.25) is 5.91 Å². The first-order valence-corrected chi connectivity index (χ1v) is 5.68. The third-order valence-corrected chi connectivity index (χ3v) is 3.31. The molecule has 16 heavy (non-hydrogen) atoms. The number of hydrogen-bond donors (Lipinski definition) is 3. The number of carboxylic acids is 1. The second kappa shape index (κ2) is 4.82. The Morgan fingerprint density at radius 2 is 1.94 bits per heavy atom. The Kier molecular flexibility index (Phi) is 3.91. The molecule has 0 aromatic rings. The molecule has 5 heteroatoms. The number of carbonyl (C=O) groups excluding carboxylic acids is 1. The minimum absolute atomic E-state index is 0.392. The Hall–Kier alpha value is -1.10. The van der Waals surface area contributed by atoms with Crippen LogP contribution in [0, 0.1) is 5.92 Å². The molecular weight excluding hydrogens is 208 g/mol. The Morgan fingerprint density at radius 1 is 1.44 bits per heavy atom. The number of carboxylic acid groups (broad SMARTS) is 1. The van der Waals surface area contributed by atoms with Gasteiger partial charge in [-0.3, -0.25) is 4.79 Å². The Balaban J connectivity index is 2.74. The van der Waals surface area contributed by atoms with Crippen LogP contribution in [0.15, 0.2) is 0 Å². The van der Waals surface area contributed by atoms with Crippen LogP contribution in [0.3, 0.4) is 0 Å². The van der Waals surface area contributed by atoms with Crippen LogP contribution in [-0.2, 0) is 9.59 Å². The molecule has 5 nitrogen and oxygen atoms in total. The molecule has 1 saturated carbocycles. The molecule has 4 N–H and O–H groups in total. The first-order valence-electron chi connectivity index (χ1n) is 5.68. The molecule has 0 aliphatic heterocycles. The number of aliphatic carboxylic acids is 1. The normalized spacial score (nSPS) is 31.8. The second-order valence-corrected chi connectivity index (χ2v) is 4.85. The van der Waals surface area contributed by atoms with Gasteiger partial charge < -0.3 is 16.2 Å². The highest BCUT2D eigenvalue weighted by molar-refractivity contribution is 5.89. The largest absolute Gasteiger partial charge is 0.480 e. The summed E-state index contributed by atoms with van der Waals surface area (Å²) in [6.07, 6.45) is 2.63. The van der Waals surface area contributed by atoms with E-state index in [1.54, 1.807) is 6.92 Å². The zero-order chi connectivity index (χ0) is 12.3. The maximum absolute atomic E-state index is 11.5. The summed E-state index contributed by atoms with van der Waals surface area (Å²) in [5.74, 6) is -0.815. The molecule has 1 rings (SSSR count). The van der Waals surface area contributed by atoms with Gasteiger partial charge in [0.1, 0.15) is 5.54 Å². The fourth-order valence-electron chi connectivity index (χ4n) is 2.00. The summed E-state index contributed by atoms with van der Waals surface area (Å²) in [6.45, 7) is 3.65. The van der Waals surface area contributed by atoms with Crippen molar-refractivity contribution in [1.82, 2.24) is 5.32 Å². The van der Waals surface area contributed by atoms with Crippen molar-refractivity contribution in [2.24, 2.45) is 11.7 Å². The molecule has 1 amide bonds. The lowest BCUT2D eigenvalue weighted by atomic mass is 9.77. The van der Waals surface area contributed by atoms with E-state index in [0.717, 1.165) is 12.8 Å². The summed E-state index contributed by atoms with van der Waals surface area (Å²) in [7, 11) is 0. The van der Waals surface area contributed by atoms with Gasteiger partial charge in [-0.15, -0.1) is 0 Å². The molecule has 0 aromatic heterocycles. The van der Waals surface area contributed by atoms with Gasteiger partial charge in [0.15, 0.2) is 0 Å². The molecule has 1 fully saturated rings. The molecule has 0 unspecified atom stereocenters. The summed E-state index contributed by atoms with van der Waals surface area (Å²) in [5, 5.41) is 11.8. The number of carbonyl (C=O) groups is 2. The van der Waals surface area contributed by atoms with Crippen LogP contribution in [0.5, 0.6) is 0 Å². The van der Waals surface area contributed by atoms with Crippen LogP contribution in [0.25, 0.3) is 0 Å². The highest BCUT2D eigenvalue weighted by Crippen LogP contribution is 2.32. The zero-order valence-electron chi connectivity index (χ0n) is 9.82. The molecule has 0 heterocycles. The van der Waals surface area contributed by atoms with E-state index in [9.17, 15) is 14.7 Å². The van der Waals surface area contributed by atoms with Crippen molar-refractivity contribution in [2.75, 3.05) is 0 Å². The first-order chi connectivity index (χ1) is 7.37. The maximum Gasteiger partial charge on any atom is 0.329 e. The summed E-state index contributed by atoms with van der Waals surface area (Å²) < 4.78 is 0. The number of rotatable bonds is 3. The zero-order valence-corrected chi connectivity index (χ0v) is 9.82. The van der Waals surface area contributed by atoms with Crippen molar-refractivity contribution in [3.8, 4) is 0 Å². The van der Waals surface area contributed by atoms with Crippen molar-refractivity contribution in [1.29, 1.82) is 0 Å². The van der Waals surface area contributed by atoms with Gasteiger partial charge in [0.05, 0.1) is 6.04 Å². The SMILES string of the molecule is CC1CCC(NC(=O)[C@H](C)N)(C(=O)O)CC1. The summed E-state index contributed by atoms with van der Waals surface area (Å²) in [6, 6.07) is -0.671. The highest BCUT2D eigenvalue weighted by atomic mass is 16.4. The topological polar surface area (TPSA) is 92.4 Å². The summed E-state index contributed by atoms with van der Waals surface area (Å²) in [4.78, 5) is 22.8. The first kappa shape index (κ1) is 13.0. The lowest BCUT2D eigenvalue weighted by Gasteiger charge is -2.36. The van der Waals surface area contributed by atoms with Gasteiger partial charge in [0, 0.05) is 0 Å². The molecular formula is C11H20N2O3. The van der Waals surface area contributed by atoms with Gasteiger partial charge in [-0.25, -0.2) is 4.79 Å². The predicted octanol–water partition coefficient (Wildman–Crippen LogP) is 0.483. The minimum Gasteiger partial charge on any atom is -0.480 e. The number of nitrogens with one attached hydrogen (secondary N) is 1. The monoisotopic (exact) mass is 228 g/mol. The molecule has 0 saturated heterocycles. The van der Waals surface area contributed by atoms with E-state index >= 15 is 0 Å². The van der Waals surface area contributed by atoms with E-state index in [0.29, 0.717) is 18.8 Å².